The lowest BCUT2D eigenvalue weighted by Crippen LogP contribution is -1.97. The van der Waals surface area contributed by atoms with E-state index in [1.54, 1.807) is 26.4 Å². The van der Waals surface area contributed by atoms with Crippen LogP contribution in [0.15, 0.2) is 72.3 Å². The van der Waals surface area contributed by atoms with Crippen molar-refractivity contribution in [2.45, 2.75) is 0 Å². The zero-order valence-electron chi connectivity index (χ0n) is 15.1. The Hall–Kier alpha value is -3.53. The quantitative estimate of drug-likeness (QED) is 0.495. The fraction of sp³-hybridized carbons (Fsp3) is 0.0870. The Balaban J connectivity index is 1.65. The van der Waals surface area contributed by atoms with E-state index >= 15 is 0 Å². The molecule has 0 saturated heterocycles. The van der Waals surface area contributed by atoms with E-state index in [2.05, 4.69) is 0 Å². The molecule has 27 heavy (non-hydrogen) atoms. The van der Waals surface area contributed by atoms with Crippen LogP contribution in [0.5, 0.6) is 11.5 Å². The maximum atomic E-state index is 12.2. The van der Waals surface area contributed by atoms with E-state index in [0.717, 1.165) is 33.4 Å². The molecule has 4 heteroatoms. The summed E-state index contributed by atoms with van der Waals surface area (Å²) in [5, 5.41) is 2.12. The maximum Gasteiger partial charge on any atom is 0.343 e. The average Bonchev–Trinajstić information content (AvgIpc) is 3.08. The molecule has 0 aliphatic carbocycles. The van der Waals surface area contributed by atoms with Crippen molar-refractivity contribution >= 4 is 28.6 Å². The van der Waals surface area contributed by atoms with Crippen molar-refractivity contribution < 1.29 is 19.0 Å². The lowest BCUT2D eigenvalue weighted by atomic mass is 10.0. The summed E-state index contributed by atoms with van der Waals surface area (Å²) in [4.78, 5) is 12.2. The summed E-state index contributed by atoms with van der Waals surface area (Å²) in [5.74, 6) is 1.79. The van der Waals surface area contributed by atoms with Gasteiger partial charge in [0.2, 0.25) is 0 Å². The van der Waals surface area contributed by atoms with Crippen molar-refractivity contribution in [2.24, 2.45) is 0 Å². The molecule has 0 N–H and O–H groups in total. The number of rotatable bonds is 4. The summed E-state index contributed by atoms with van der Waals surface area (Å²) in [6.07, 6.45) is 3.58. The van der Waals surface area contributed by atoms with Crippen LogP contribution in [0.1, 0.15) is 11.1 Å². The topological polar surface area (TPSA) is 44.8 Å². The molecule has 0 unspecified atom stereocenters. The Morgan fingerprint density at radius 1 is 0.815 bits per heavy atom. The first-order valence-corrected chi connectivity index (χ1v) is 8.54. The number of hydrogen-bond donors (Lipinski definition) is 0. The molecule has 1 aliphatic rings. The molecule has 134 valence electrons. The predicted octanol–water partition coefficient (Wildman–Crippen LogP) is 4.84. The van der Waals surface area contributed by atoms with Crippen molar-refractivity contribution in [3.63, 3.8) is 0 Å². The highest BCUT2D eigenvalue weighted by atomic mass is 16.5. The van der Waals surface area contributed by atoms with Gasteiger partial charge in [0.1, 0.15) is 17.3 Å². The Morgan fingerprint density at radius 3 is 2.22 bits per heavy atom. The largest absolute Gasteiger partial charge is 0.497 e. The first kappa shape index (κ1) is 16.9. The molecule has 1 aliphatic heterocycles. The molecule has 0 amide bonds. The number of cyclic esters (lactones) is 1. The third-order valence-corrected chi connectivity index (χ3v) is 4.49. The molecule has 4 rings (SSSR count). The molecular formula is C23H18O4. The Bertz CT molecular complexity index is 1080. The van der Waals surface area contributed by atoms with Crippen LogP contribution in [0.25, 0.3) is 22.6 Å². The Labute approximate surface area is 157 Å². The molecule has 3 aromatic carbocycles. The molecule has 3 aromatic rings. The third kappa shape index (κ3) is 3.42. The summed E-state index contributed by atoms with van der Waals surface area (Å²) in [6.45, 7) is 0. The van der Waals surface area contributed by atoms with Crippen molar-refractivity contribution in [3.05, 3.63) is 83.4 Å². The summed E-state index contributed by atoms with van der Waals surface area (Å²) in [6, 6.07) is 19.3. The number of esters is 1. The Kier molecular flexibility index (Phi) is 4.38. The highest BCUT2D eigenvalue weighted by molar-refractivity contribution is 6.05. The molecule has 1 heterocycles. The van der Waals surface area contributed by atoms with Gasteiger partial charge in [0.15, 0.2) is 0 Å². The molecular weight excluding hydrogens is 340 g/mol. The summed E-state index contributed by atoms with van der Waals surface area (Å²) in [7, 11) is 3.27. The van der Waals surface area contributed by atoms with E-state index < -0.39 is 0 Å². The van der Waals surface area contributed by atoms with E-state index in [4.69, 9.17) is 14.2 Å². The van der Waals surface area contributed by atoms with E-state index in [1.165, 1.54) is 0 Å². The molecule has 0 spiro atoms. The Morgan fingerprint density at radius 2 is 1.48 bits per heavy atom. The van der Waals surface area contributed by atoms with Gasteiger partial charge in [0.05, 0.1) is 19.8 Å². The molecule has 0 aromatic heterocycles. The lowest BCUT2D eigenvalue weighted by Gasteiger charge is -2.06. The number of fused-ring (bicyclic) bond motifs is 1. The van der Waals surface area contributed by atoms with Gasteiger partial charge in [0, 0.05) is 5.56 Å². The molecule has 0 saturated carbocycles. The van der Waals surface area contributed by atoms with E-state index in [-0.39, 0.29) is 5.97 Å². The standard InChI is InChI=1S/C23H18O4/c1-25-20-8-3-15(4-9-20)11-19-14-22(27-23(19)24)18-6-5-17-13-21(26-2)10-7-16(17)12-18/h3-14H,1-2H3/b19-11-. The van der Waals surface area contributed by atoms with Gasteiger partial charge in [0.25, 0.3) is 0 Å². The van der Waals surface area contributed by atoms with Crippen molar-refractivity contribution in [2.75, 3.05) is 14.2 Å². The summed E-state index contributed by atoms with van der Waals surface area (Å²) in [5.41, 5.74) is 2.29. The maximum absolute atomic E-state index is 12.2. The van der Waals surface area contributed by atoms with E-state index in [0.29, 0.717) is 11.3 Å². The van der Waals surface area contributed by atoms with Crippen molar-refractivity contribution in [1.82, 2.24) is 0 Å². The van der Waals surface area contributed by atoms with Crippen LogP contribution in [-0.2, 0) is 9.53 Å². The minimum absolute atomic E-state index is 0.351. The second kappa shape index (κ2) is 7.00. The van der Waals surface area contributed by atoms with Gasteiger partial charge in [-0.1, -0.05) is 30.3 Å². The smallest absolute Gasteiger partial charge is 0.343 e. The van der Waals surface area contributed by atoms with Gasteiger partial charge < -0.3 is 14.2 Å². The number of ether oxygens (including phenoxy) is 3. The minimum atomic E-state index is -0.351. The average molecular weight is 358 g/mol. The highest BCUT2D eigenvalue weighted by Gasteiger charge is 2.22. The molecule has 0 atom stereocenters. The van der Waals surface area contributed by atoms with E-state index in [9.17, 15) is 4.79 Å². The third-order valence-electron chi connectivity index (χ3n) is 4.49. The lowest BCUT2D eigenvalue weighted by molar-refractivity contribution is -0.130. The second-order valence-corrected chi connectivity index (χ2v) is 6.20. The van der Waals surface area contributed by atoms with Crippen LogP contribution in [-0.4, -0.2) is 20.2 Å². The fourth-order valence-corrected chi connectivity index (χ4v) is 3.02. The van der Waals surface area contributed by atoms with Crippen LogP contribution in [0, 0.1) is 0 Å². The number of methoxy groups -OCH3 is 2. The summed E-state index contributed by atoms with van der Waals surface area (Å²) < 4.78 is 15.9. The van der Waals surface area contributed by atoms with Gasteiger partial charge in [-0.2, -0.15) is 0 Å². The van der Waals surface area contributed by atoms with Gasteiger partial charge in [-0.25, -0.2) is 4.79 Å². The molecule has 0 radical (unpaired) electrons. The van der Waals surface area contributed by atoms with Crippen LogP contribution in [0.3, 0.4) is 0 Å². The fourth-order valence-electron chi connectivity index (χ4n) is 3.02. The first-order valence-electron chi connectivity index (χ1n) is 8.54. The molecule has 0 bridgehead atoms. The number of carbonyl (C=O) groups excluding carboxylic acids is 1. The molecule has 4 nitrogen and oxygen atoms in total. The van der Waals surface area contributed by atoms with Gasteiger partial charge in [-0.3, -0.25) is 0 Å². The zero-order valence-corrected chi connectivity index (χ0v) is 15.1. The summed E-state index contributed by atoms with van der Waals surface area (Å²) >= 11 is 0. The van der Waals surface area contributed by atoms with Gasteiger partial charge in [-0.15, -0.1) is 0 Å². The van der Waals surface area contributed by atoms with Gasteiger partial charge >= 0.3 is 5.97 Å². The number of hydrogen-bond acceptors (Lipinski definition) is 4. The first-order chi connectivity index (χ1) is 13.2. The SMILES string of the molecule is COc1ccc(/C=C2/C=C(c3ccc4cc(OC)ccc4c3)OC2=O)cc1. The molecule has 0 fully saturated rings. The highest BCUT2D eigenvalue weighted by Crippen LogP contribution is 2.30. The minimum Gasteiger partial charge on any atom is -0.497 e. The van der Waals surface area contributed by atoms with E-state index in [1.807, 2.05) is 60.7 Å². The second-order valence-electron chi connectivity index (χ2n) is 6.20. The normalized spacial score (nSPS) is 15.0. The number of benzene rings is 3. The zero-order chi connectivity index (χ0) is 18.8. The monoisotopic (exact) mass is 358 g/mol. The van der Waals surface area contributed by atoms with Crippen LogP contribution in [0.2, 0.25) is 0 Å². The predicted molar refractivity (Wildman–Crippen MR) is 106 cm³/mol. The van der Waals surface area contributed by atoms with Crippen LogP contribution in [0.4, 0.5) is 0 Å². The van der Waals surface area contributed by atoms with Crippen LogP contribution >= 0.6 is 0 Å². The van der Waals surface area contributed by atoms with Crippen LogP contribution < -0.4 is 9.47 Å². The van der Waals surface area contributed by atoms with Gasteiger partial charge in [-0.05, 0) is 58.8 Å². The van der Waals surface area contributed by atoms with Crippen molar-refractivity contribution in [3.8, 4) is 11.5 Å². The van der Waals surface area contributed by atoms with Crippen molar-refractivity contribution in [1.29, 1.82) is 0 Å². The number of carbonyl (C=O) groups is 1.